The number of aryl methyl sites for hydroxylation is 3. The highest BCUT2D eigenvalue weighted by Crippen LogP contribution is 2.40. The van der Waals surface area contributed by atoms with Gasteiger partial charge < -0.3 is 9.30 Å². The monoisotopic (exact) mass is 352 g/mol. The average Bonchev–Trinajstić information content (AvgIpc) is 2.61. The molecule has 0 amide bonds. The van der Waals surface area contributed by atoms with Gasteiger partial charge in [0, 0.05) is 30.0 Å². The summed E-state index contributed by atoms with van der Waals surface area (Å²) in [7, 11) is 1.76. The van der Waals surface area contributed by atoms with E-state index in [-0.39, 0.29) is 17.2 Å². The van der Waals surface area contributed by atoms with E-state index in [0.29, 0.717) is 12.4 Å². The van der Waals surface area contributed by atoms with E-state index in [0.717, 1.165) is 52.2 Å². The maximum absolute atomic E-state index is 12.8. The average molecular weight is 352 g/mol. The van der Waals surface area contributed by atoms with Gasteiger partial charge in [0.1, 0.15) is 6.61 Å². The maximum Gasteiger partial charge on any atom is 0.251 e. The Balaban J connectivity index is 2.20. The van der Waals surface area contributed by atoms with Crippen LogP contribution < -0.4 is 15.9 Å². The van der Waals surface area contributed by atoms with Gasteiger partial charge in [-0.3, -0.25) is 14.2 Å². The zero-order valence-electron chi connectivity index (χ0n) is 15.8. The van der Waals surface area contributed by atoms with Crippen LogP contribution >= 0.6 is 0 Å². The summed E-state index contributed by atoms with van der Waals surface area (Å²) < 4.78 is 9.72. The summed E-state index contributed by atoms with van der Waals surface area (Å²) in [5.41, 5.74) is 3.42. The first-order valence-electron chi connectivity index (χ1n) is 9.26. The van der Waals surface area contributed by atoms with Gasteiger partial charge in [0.05, 0.1) is 17.1 Å². The first kappa shape index (κ1) is 16.9. The third kappa shape index (κ3) is 2.30. The van der Waals surface area contributed by atoms with Crippen LogP contribution in [0.5, 0.6) is 5.75 Å². The van der Waals surface area contributed by atoms with Gasteiger partial charge in [-0.2, -0.15) is 0 Å². The Kier molecular flexibility index (Phi) is 3.90. The fraction of sp³-hybridized carbons (Fsp3) is 0.429. The zero-order valence-corrected chi connectivity index (χ0v) is 15.8. The third-order valence-corrected chi connectivity index (χ3v) is 5.58. The molecule has 0 saturated heterocycles. The minimum Gasteiger partial charge on any atom is -0.487 e. The number of rotatable bonds is 3. The zero-order chi connectivity index (χ0) is 18.6. The molecule has 0 radical (unpaired) electrons. The molecule has 1 aliphatic rings. The Morgan fingerprint density at radius 3 is 2.38 bits per heavy atom. The molecule has 4 rings (SSSR count). The molecule has 1 aromatic carbocycles. The van der Waals surface area contributed by atoms with Crippen LogP contribution in [0.25, 0.3) is 21.8 Å². The lowest BCUT2D eigenvalue weighted by Gasteiger charge is -2.30. The van der Waals surface area contributed by atoms with Gasteiger partial charge in [0.2, 0.25) is 0 Å². The van der Waals surface area contributed by atoms with Gasteiger partial charge in [-0.05, 0) is 37.5 Å². The molecule has 1 unspecified atom stereocenters. The Hall–Kier alpha value is -2.56. The summed E-state index contributed by atoms with van der Waals surface area (Å²) in [4.78, 5) is 25.2. The molecule has 1 aliphatic heterocycles. The van der Waals surface area contributed by atoms with Gasteiger partial charge in [-0.1, -0.05) is 19.8 Å². The van der Waals surface area contributed by atoms with Crippen LogP contribution in [0, 0.1) is 13.8 Å². The van der Waals surface area contributed by atoms with Crippen LogP contribution in [0.4, 0.5) is 0 Å². The summed E-state index contributed by atoms with van der Waals surface area (Å²) in [5.74, 6) is 0.661. The SMILES string of the molecule is CCCCC1COc2c3c(cc4c(C)cc(=O)n1c24)c(C)cc(=O)n3C. The molecule has 0 bridgehead atoms. The minimum atomic E-state index is -0.0659. The van der Waals surface area contributed by atoms with Gasteiger partial charge in [-0.25, -0.2) is 0 Å². The first-order valence-corrected chi connectivity index (χ1v) is 9.26. The Bertz CT molecular complexity index is 1150. The van der Waals surface area contributed by atoms with Crippen LogP contribution in [-0.4, -0.2) is 15.7 Å². The summed E-state index contributed by atoms with van der Waals surface area (Å²) in [6, 6.07) is 5.51. The Morgan fingerprint density at radius 2 is 1.69 bits per heavy atom. The van der Waals surface area contributed by atoms with Gasteiger partial charge in [-0.15, -0.1) is 0 Å². The van der Waals surface area contributed by atoms with Crippen molar-refractivity contribution < 1.29 is 4.74 Å². The highest BCUT2D eigenvalue weighted by Gasteiger charge is 2.27. The number of fused-ring (bicyclic) bond motifs is 2. The fourth-order valence-corrected chi connectivity index (χ4v) is 4.13. The molecular weight excluding hydrogens is 328 g/mol. The van der Waals surface area contributed by atoms with Crippen molar-refractivity contribution in [3.63, 3.8) is 0 Å². The highest BCUT2D eigenvalue weighted by molar-refractivity contribution is 6.04. The molecule has 0 fully saturated rings. The van der Waals surface area contributed by atoms with Crippen molar-refractivity contribution >= 4 is 21.8 Å². The number of unbranched alkanes of at least 4 members (excludes halogenated alkanes) is 1. The lowest BCUT2D eigenvalue weighted by Crippen LogP contribution is -2.33. The standard InChI is InChI=1S/C21H24N2O3/c1-5-6-7-14-11-26-21-19-15(12(2)8-17(24)22(19)4)10-16-13(3)9-18(25)23(14)20(16)21/h8-10,14H,5-7,11H2,1-4H3. The van der Waals surface area contributed by atoms with Gasteiger partial charge in [0.15, 0.2) is 5.75 Å². The van der Waals surface area contributed by atoms with Crippen LogP contribution in [0.1, 0.15) is 43.4 Å². The predicted octanol–water partition coefficient (Wildman–Crippen LogP) is 3.59. The topological polar surface area (TPSA) is 53.2 Å². The summed E-state index contributed by atoms with van der Waals surface area (Å²) in [6.45, 7) is 6.52. The molecule has 0 spiro atoms. The van der Waals surface area contributed by atoms with Gasteiger partial charge >= 0.3 is 0 Å². The molecule has 2 aromatic heterocycles. The molecule has 1 atom stereocenters. The van der Waals surface area contributed by atoms with E-state index in [2.05, 4.69) is 13.0 Å². The normalized spacial score (nSPS) is 16.2. The van der Waals surface area contributed by atoms with Crippen molar-refractivity contribution in [2.45, 2.75) is 46.1 Å². The second-order valence-corrected chi connectivity index (χ2v) is 7.37. The van der Waals surface area contributed by atoms with E-state index >= 15 is 0 Å². The van der Waals surface area contributed by atoms with Crippen molar-refractivity contribution in [1.82, 2.24) is 9.13 Å². The predicted molar refractivity (Wildman–Crippen MR) is 104 cm³/mol. The van der Waals surface area contributed by atoms with Crippen molar-refractivity contribution in [1.29, 1.82) is 0 Å². The lowest BCUT2D eigenvalue weighted by atomic mass is 9.99. The summed E-state index contributed by atoms with van der Waals surface area (Å²) >= 11 is 0. The molecule has 0 saturated carbocycles. The fourth-order valence-electron chi connectivity index (χ4n) is 4.13. The van der Waals surface area contributed by atoms with Crippen LogP contribution in [0.3, 0.4) is 0 Å². The molecule has 5 nitrogen and oxygen atoms in total. The van der Waals surface area contributed by atoms with Crippen LogP contribution in [0.15, 0.2) is 27.8 Å². The number of pyridine rings is 2. The molecule has 136 valence electrons. The number of hydrogen-bond acceptors (Lipinski definition) is 3. The maximum atomic E-state index is 12.8. The number of ether oxygens (including phenoxy) is 1. The molecule has 26 heavy (non-hydrogen) atoms. The van der Waals surface area contributed by atoms with E-state index in [9.17, 15) is 9.59 Å². The molecule has 3 aromatic rings. The Labute approximate surface area is 151 Å². The lowest BCUT2D eigenvalue weighted by molar-refractivity contribution is 0.224. The van der Waals surface area contributed by atoms with Crippen molar-refractivity contribution in [3.8, 4) is 5.75 Å². The van der Waals surface area contributed by atoms with Crippen molar-refractivity contribution in [3.05, 3.63) is 50.0 Å². The summed E-state index contributed by atoms with van der Waals surface area (Å²) in [5, 5.41) is 2.02. The second kappa shape index (κ2) is 6.01. The highest BCUT2D eigenvalue weighted by atomic mass is 16.5. The minimum absolute atomic E-state index is 0.0117. The van der Waals surface area contributed by atoms with Crippen LogP contribution in [0.2, 0.25) is 0 Å². The quantitative estimate of drug-likeness (QED) is 0.677. The largest absolute Gasteiger partial charge is 0.487 e. The van der Waals surface area contributed by atoms with Crippen molar-refractivity contribution in [2.24, 2.45) is 7.05 Å². The number of benzene rings is 1. The molecule has 0 aliphatic carbocycles. The van der Waals surface area contributed by atoms with E-state index < -0.39 is 0 Å². The van der Waals surface area contributed by atoms with E-state index in [1.54, 1.807) is 23.7 Å². The molecule has 0 N–H and O–H groups in total. The first-order chi connectivity index (χ1) is 12.4. The van der Waals surface area contributed by atoms with E-state index in [1.807, 2.05) is 18.4 Å². The smallest absolute Gasteiger partial charge is 0.251 e. The number of aromatic nitrogens is 2. The molecule has 5 heteroatoms. The summed E-state index contributed by atoms with van der Waals surface area (Å²) in [6.07, 6.45) is 3.05. The second-order valence-electron chi connectivity index (χ2n) is 7.37. The Morgan fingerprint density at radius 1 is 1.04 bits per heavy atom. The third-order valence-electron chi connectivity index (χ3n) is 5.58. The molecular formula is C21H24N2O3. The number of hydrogen-bond donors (Lipinski definition) is 0. The van der Waals surface area contributed by atoms with Crippen molar-refractivity contribution in [2.75, 3.05) is 6.61 Å². The number of nitrogens with zero attached hydrogens (tertiary/aromatic N) is 2. The van der Waals surface area contributed by atoms with E-state index in [1.165, 1.54) is 0 Å². The van der Waals surface area contributed by atoms with Gasteiger partial charge in [0.25, 0.3) is 11.1 Å². The molecule has 3 heterocycles. The van der Waals surface area contributed by atoms with Crippen LogP contribution in [-0.2, 0) is 7.05 Å². The van der Waals surface area contributed by atoms with E-state index in [4.69, 9.17) is 4.74 Å².